The highest BCUT2D eigenvalue weighted by Gasteiger charge is 2.32. The van der Waals surface area contributed by atoms with E-state index in [0.29, 0.717) is 13.2 Å². The second kappa shape index (κ2) is 8.19. The van der Waals surface area contributed by atoms with Crippen molar-refractivity contribution in [2.24, 2.45) is 0 Å². The molecule has 1 amide bonds. The molecule has 2 aliphatic heterocycles. The van der Waals surface area contributed by atoms with Crippen LogP contribution in [0.1, 0.15) is 30.9 Å². The summed E-state index contributed by atoms with van der Waals surface area (Å²) in [6.45, 7) is 5.06. The molecule has 142 valence electrons. The van der Waals surface area contributed by atoms with Gasteiger partial charge in [0.15, 0.2) is 0 Å². The Labute approximate surface area is 161 Å². The van der Waals surface area contributed by atoms with Gasteiger partial charge in [0, 0.05) is 37.2 Å². The molecule has 1 aromatic heterocycles. The van der Waals surface area contributed by atoms with Crippen LogP contribution >= 0.6 is 0 Å². The molecule has 0 saturated carbocycles. The van der Waals surface area contributed by atoms with Crippen molar-refractivity contribution in [3.63, 3.8) is 0 Å². The van der Waals surface area contributed by atoms with Crippen molar-refractivity contribution >= 4 is 11.6 Å². The summed E-state index contributed by atoms with van der Waals surface area (Å²) >= 11 is 0. The molecule has 0 aliphatic carbocycles. The number of carbonyl (C=O) groups excluding carboxylic acids is 1. The maximum Gasteiger partial charge on any atom is 0.241 e. The van der Waals surface area contributed by atoms with E-state index in [9.17, 15) is 4.79 Å². The number of anilines is 1. The molecule has 5 heteroatoms. The van der Waals surface area contributed by atoms with Crippen LogP contribution in [0.25, 0.3) is 0 Å². The van der Waals surface area contributed by atoms with Gasteiger partial charge in [0.25, 0.3) is 0 Å². The number of ether oxygens (including phenoxy) is 1. The van der Waals surface area contributed by atoms with Gasteiger partial charge in [-0.1, -0.05) is 24.3 Å². The third-order valence-corrected chi connectivity index (χ3v) is 5.58. The molecule has 0 spiro atoms. The zero-order valence-corrected chi connectivity index (χ0v) is 15.9. The van der Waals surface area contributed by atoms with Crippen molar-refractivity contribution in [3.8, 4) is 0 Å². The fraction of sp³-hybridized carbons (Fsp3) is 0.455. The van der Waals surface area contributed by atoms with Crippen LogP contribution < -0.4 is 4.90 Å². The van der Waals surface area contributed by atoms with Gasteiger partial charge in [-0.25, -0.2) is 0 Å². The molecule has 1 aromatic carbocycles. The average molecular weight is 365 g/mol. The van der Waals surface area contributed by atoms with E-state index in [4.69, 9.17) is 4.74 Å². The molecule has 3 heterocycles. The zero-order chi connectivity index (χ0) is 18.6. The number of amides is 1. The quantitative estimate of drug-likeness (QED) is 0.817. The van der Waals surface area contributed by atoms with E-state index in [1.54, 1.807) is 6.20 Å². The maximum atomic E-state index is 12.9. The molecule has 1 saturated heterocycles. The minimum absolute atomic E-state index is 0.210. The fourth-order valence-corrected chi connectivity index (χ4v) is 4.14. The molecule has 1 atom stereocenters. The lowest BCUT2D eigenvalue weighted by atomic mass is 10.1. The van der Waals surface area contributed by atoms with Crippen molar-refractivity contribution < 1.29 is 9.53 Å². The molecule has 0 bridgehead atoms. The van der Waals surface area contributed by atoms with E-state index in [1.165, 1.54) is 5.56 Å². The maximum absolute atomic E-state index is 12.9. The van der Waals surface area contributed by atoms with Crippen molar-refractivity contribution in [3.05, 3.63) is 59.9 Å². The average Bonchev–Trinajstić information content (AvgIpc) is 3.04. The summed E-state index contributed by atoms with van der Waals surface area (Å²) in [6.07, 6.45) is 6.79. The van der Waals surface area contributed by atoms with Gasteiger partial charge >= 0.3 is 0 Å². The van der Waals surface area contributed by atoms with E-state index in [2.05, 4.69) is 35.0 Å². The van der Waals surface area contributed by atoms with Crippen LogP contribution in [0.2, 0.25) is 0 Å². The van der Waals surface area contributed by atoms with Crippen molar-refractivity contribution in [2.75, 3.05) is 24.5 Å². The Balaban J connectivity index is 1.26. The zero-order valence-electron chi connectivity index (χ0n) is 15.9. The molecule has 27 heavy (non-hydrogen) atoms. The standard InChI is InChI=1S/C22H27N3O2/c1-17-13-19-6-2-3-7-21(19)25(17)22(26)15-24-11-8-20(9-12-24)27-16-18-5-4-10-23-14-18/h2-7,10,14,17,20H,8-9,11-13,15-16H2,1H3. The van der Waals surface area contributed by atoms with Gasteiger partial charge in [-0.2, -0.15) is 0 Å². The van der Waals surface area contributed by atoms with Crippen molar-refractivity contribution in [1.29, 1.82) is 0 Å². The number of benzene rings is 1. The van der Waals surface area contributed by atoms with Crippen LogP contribution in [0, 0.1) is 0 Å². The number of rotatable bonds is 5. The normalized spacial score (nSPS) is 20.6. The van der Waals surface area contributed by atoms with Gasteiger partial charge in [-0.05, 0) is 49.4 Å². The Bertz CT molecular complexity index is 772. The van der Waals surface area contributed by atoms with Crippen LogP contribution in [0.4, 0.5) is 5.69 Å². The van der Waals surface area contributed by atoms with Gasteiger partial charge in [-0.15, -0.1) is 0 Å². The highest BCUT2D eigenvalue weighted by molar-refractivity contribution is 5.97. The summed E-state index contributed by atoms with van der Waals surface area (Å²) in [6, 6.07) is 12.5. The summed E-state index contributed by atoms with van der Waals surface area (Å²) in [7, 11) is 0. The summed E-state index contributed by atoms with van der Waals surface area (Å²) in [5.74, 6) is 0.210. The summed E-state index contributed by atoms with van der Waals surface area (Å²) in [4.78, 5) is 21.3. The van der Waals surface area contributed by atoms with Gasteiger partial charge in [0.1, 0.15) is 0 Å². The van der Waals surface area contributed by atoms with E-state index in [1.807, 2.05) is 29.3 Å². The molecular formula is C22H27N3O2. The lowest BCUT2D eigenvalue weighted by molar-refractivity contribution is -0.120. The Morgan fingerprint density at radius 1 is 1.19 bits per heavy atom. The Kier molecular flexibility index (Phi) is 5.50. The van der Waals surface area contributed by atoms with Crippen LogP contribution in [0.15, 0.2) is 48.8 Å². The van der Waals surface area contributed by atoms with Crippen molar-refractivity contribution in [2.45, 2.75) is 44.9 Å². The SMILES string of the molecule is CC1Cc2ccccc2N1C(=O)CN1CCC(OCc2cccnc2)CC1. The number of aromatic nitrogens is 1. The van der Waals surface area contributed by atoms with Gasteiger partial charge < -0.3 is 9.64 Å². The summed E-state index contributed by atoms with van der Waals surface area (Å²) < 4.78 is 6.02. The molecule has 0 radical (unpaired) electrons. The van der Waals surface area contributed by atoms with E-state index in [0.717, 1.165) is 43.6 Å². The molecule has 0 N–H and O–H groups in total. The topological polar surface area (TPSA) is 45.7 Å². The first-order chi connectivity index (χ1) is 13.2. The molecule has 1 unspecified atom stereocenters. The second-order valence-electron chi connectivity index (χ2n) is 7.59. The highest BCUT2D eigenvalue weighted by atomic mass is 16.5. The van der Waals surface area contributed by atoms with E-state index in [-0.39, 0.29) is 18.1 Å². The van der Waals surface area contributed by atoms with Crippen LogP contribution in [0.3, 0.4) is 0 Å². The number of hydrogen-bond acceptors (Lipinski definition) is 4. The Morgan fingerprint density at radius 2 is 2.00 bits per heavy atom. The minimum Gasteiger partial charge on any atom is -0.373 e. The van der Waals surface area contributed by atoms with Crippen LogP contribution in [0.5, 0.6) is 0 Å². The van der Waals surface area contributed by atoms with Crippen LogP contribution in [-0.4, -0.2) is 47.6 Å². The Hall–Kier alpha value is -2.24. The minimum atomic E-state index is 0.210. The van der Waals surface area contributed by atoms with E-state index >= 15 is 0 Å². The first-order valence-corrected chi connectivity index (χ1v) is 9.83. The molecule has 1 fully saturated rings. The number of hydrogen-bond donors (Lipinski definition) is 0. The number of piperidine rings is 1. The third-order valence-electron chi connectivity index (χ3n) is 5.58. The number of carbonyl (C=O) groups is 1. The lowest BCUT2D eigenvalue weighted by Gasteiger charge is -2.33. The molecule has 2 aliphatic rings. The molecule has 2 aromatic rings. The first kappa shape index (κ1) is 18.1. The highest BCUT2D eigenvalue weighted by Crippen LogP contribution is 2.32. The molecule has 5 nitrogen and oxygen atoms in total. The predicted octanol–water partition coefficient (Wildman–Crippen LogP) is 3.04. The lowest BCUT2D eigenvalue weighted by Crippen LogP contribution is -2.46. The summed E-state index contributed by atoms with van der Waals surface area (Å²) in [5, 5.41) is 0. The van der Waals surface area contributed by atoms with Gasteiger partial charge in [-0.3, -0.25) is 14.7 Å². The number of pyridine rings is 1. The largest absolute Gasteiger partial charge is 0.373 e. The smallest absolute Gasteiger partial charge is 0.241 e. The number of para-hydroxylation sites is 1. The van der Waals surface area contributed by atoms with Gasteiger partial charge in [0.2, 0.25) is 5.91 Å². The number of likely N-dealkylation sites (tertiary alicyclic amines) is 1. The first-order valence-electron chi connectivity index (χ1n) is 9.83. The number of fused-ring (bicyclic) bond motifs is 1. The fourth-order valence-electron chi connectivity index (χ4n) is 4.14. The summed E-state index contributed by atoms with van der Waals surface area (Å²) in [5.41, 5.74) is 3.47. The third kappa shape index (κ3) is 4.20. The Morgan fingerprint density at radius 3 is 2.78 bits per heavy atom. The van der Waals surface area contributed by atoms with Crippen LogP contribution in [-0.2, 0) is 22.6 Å². The van der Waals surface area contributed by atoms with Crippen molar-refractivity contribution in [1.82, 2.24) is 9.88 Å². The predicted molar refractivity (Wildman–Crippen MR) is 106 cm³/mol. The molecule has 4 rings (SSSR count). The van der Waals surface area contributed by atoms with Gasteiger partial charge in [0.05, 0.1) is 19.3 Å². The monoisotopic (exact) mass is 365 g/mol. The number of nitrogens with zero attached hydrogens (tertiary/aromatic N) is 3. The van der Waals surface area contributed by atoms with E-state index < -0.39 is 0 Å². The second-order valence-corrected chi connectivity index (χ2v) is 7.59. The molecular weight excluding hydrogens is 338 g/mol.